The first-order valence-electron chi connectivity index (χ1n) is 3.50. The van der Waals surface area contributed by atoms with Crippen LogP contribution in [-0.4, -0.2) is 19.0 Å². The Labute approximate surface area is 66.6 Å². The molecule has 0 aliphatic rings. The Bertz CT molecular complexity index is 100. The highest BCUT2D eigenvalue weighted by Crippen LogP contribution is 1.95. The molecule has 0 aliphatic heterocycles. The molecule has 2 nitrogen and oxygen atoms in total. The van der Waals surface area contributed by atoms with Crippen molar-refractivity contribution in [2.24, 2.45) is 0 Å². The second-order valence-electron chi connectivity index (χ2n) is 1.91. The van der Waals surface area contributed by atoms with E-state index in [1.54, 1.807) is 0 Å². The molecule has 0 amide bonds. The minimum Gasteiger partial charge on any atom is -0.381 e. The summed E-state index contributed by atoms with van der Waals surface area (Å²) in [5.41, 5.74) is 0. The molecule has 58 valence electrons. The Morgan fingerprint density at radius 2 is 2.30 bits per heavy atom. The molecule has 0 fully saturated rings. The summed E-state index contributed by atoms with van der Waals surface area (Å²) in [7, 11) is 0. The van der Waals surface area contributed by atoms with Crippen LogP contribution in [0.25, 0.3) is 0 Å². The summed E-state index contributed by atoms with van der Waals surface area (Å²) in [5.74, 6) is 0.792. The molecule has 10 heavy (non-hydrogen) atoms. The lowest BCUT2D eigenvalue weighted by Gasteiger charge is -1.98. The molecule has 0 heterocycles. The largest absolute Gasteiger partial charge is 0.381 e. The Morgan fingerprint density at radius 1 is 1.50 bits per heavy atom. The van der Waals surface area contributed by atoms with Crippen molar-refractivity contribution < 1.29 is 4.74 Å². The fourth-order valence-corrected chi connectivity index (χ4v) is 0.787. The lowest BCUT2D eigenvalue weighted by molar-refractivity contribution is 0.147. The van der Waals surface area contributed by atoms with Gasteiger partial charge in [-0.3, -0.25) is 0 Å². The number of hydrogen-bond acceptors (Lipinski definition) is 3. The lowest BCUT2D eigenvalue weighted by Crippen LogP contribution is -1.97. The first-order chi connectivity index (χ1) is 4.91. The standard InChI is InChI=1S/C7H13NOS/c1-2-3-4-9-5-6-10-7-8/h2-6H2,1H3. The van der Waals surface area contributed by atoms with Gasteiger partial charge in [0.1, 0.15) is 5.40 Å². The highest BCUT2D eigenvalue weighted by molar-refractivity contribution is 8.03. The van der Waals surface area contributed by atoms with Crippen molar-refractivity contribution in [3.8, 4) is 5.40 Å². The molecular formula is C7H13NOS. The molecule has 0 spiro atoms. The summed E-state index contributed by atoms with van der Waals surface area (Å²) >= 11 is 1.25. The van der Waals surface area contributed by atoms with Gasteiger partial charge < -0.3 is 4.74 Å². The number of unbranched alkanes of at least 4 members (excludes halogenated alkanes) is 1. The number of nitrogens with zero attached hydrogens (tertiary/aromatic N) is 1. The van der Waals surface area contributed by atoms with E-state index in [2.05, 4.69) is 6.92 Å². The third-order valence-corrected chi connectivity index (χ3v) is 1.54. The highest BCUT2D eigenvalue weighted by atomic mass is 32.2. The van der Waals surface area contributed by atoms with Gasteiger partial charge in [0.25, 0.3) is 0 Å². The van der Waals surface area contributed by atoms with Gasteiger partial charge in [-0.2, -0.15) is 5.26 Å². The van der Waals surface area contributed by atoms with Crippen LogP contribution in [0.3, 0.4) is 0 Å². The van der Waals surface area contributed by atoms with Gasteiger partial charge in [0.2, 0.25) is 0 Å². The van der Waals surface area contributed by atoms with E-state index in [-0.39, 0.29) is 0 Å². The van der Waals surface area contributed by atoms with E-state index >= 15 is 0 Å². The van der Waals surface area contributed by atoms with Crippen LogP contribution >= 0.6 is 11.8 Å². The van der Waals surface area contributed by atoms with E-state index in [0.717, 1.165) is 18.8 Å². The number of nitriles is 1. The second kappa shape index (κ2) is 8.80. The maximum absolute atomic E-state index is 8.13. The van der Waals surface area contributed by atoms with E-state index in [4.69, 9.17) is 10.00 Å². The Morgan fingerprint density at radius 3 is 2.90 bits per heavy atom. The van der Waals surface area contributed by atoms with Gasteiger partial charge >= 0.3 is 0 Å². The van der Waals surface area contributed by atoms with Crippen molar-refractivity contribution in [1.82, 2.24) is 0 Å². The summed E-state index contributed by atoms with van der Waals surface area (Å²) in [4.78, 5) is 0. The van der Waals surface area contributed by atoms with Crippen LogP contribution in [-0.2, 0) is 4.74 Å². The van der Waals surface area contributed by atoms with Crippen molar-refractivity contribution in [3.05, 3.63) is 0 Å². The molecular weight excluding hydrogens is 146 g/mol. The monoisotopic (exact) mass is 159 g/mol. The van der Waals surface area contributed by atoms with Crippen LogP contribution in [0, 0.1) is 10.7 Å². The minimum atomic E-state index is 0.707. The van der Waals surface area contributed by atoms with Gasteiger partial charge in [-0.05, 0) is 18.2 Å². The fourth-order valence-electron chi connectivity index (χ4n) is 0.495. The molecule has 0 N–H and O–H groups in total. The van der Waals surface area contributed by atoms with Crippen LogP contribution in [0.15, 0.2) is 0 Å². The molecule has 0 atom stereocenters. The van der Waals surface area contributed by atoms with Crippen molar-refractivity contribution in [2.75, 3.05) is 19.0 Å². The van der Waals surface area contributed by atoms with Gasteiger partial charge in [0.15, 0.2) is 0 Å². The van der Waals surface area contributed by atoms with Crippen molar-refractivity contribution in [3.63, 3.8) is 0 Å². The van der Waals surface area contributed by atoms with Crippen LogP contribution < -0.4 is 0 Å². The molecule has 0 aromatic carbocycles. The topological polar surface area (TPSA) is 33.0 Å². The Balaban J connectivity index is 2.72. The molecule has 0 aromatic heterocycles. The molecule has 0 aliphatic carbocycles. The number of ether oxygens (including phenoxy) is 1. The Hall–Kier alpha value is -0.200. The SMILES string of the molecule is CCCCOCCSC#N. The van der Waals surface area contributed by atoms with Crippen molar-refractivity contribution in [1.29, 1.82) is 5.26 Å². The van der Waals surface area contributed by atoms with Gasteiger partial charge in [-0.1, -0.05) is 13.3 Å². The van der Waals surface area contributed by atoms with Crippen molar-refractivity contribution in [2.45, 2.75) is 19.8 Å². The van der Waals surface area contributed by atoms with Crippen LogP contribution in [0.2, 0.25) is 0 Å². The summed E-state index contributed by atoms with van der Waals surface area (Å²) in [5, 5.41) is 10.1. The molecule has 0 radical (unpaired) electrons. The Kier molecular flexibility index (Phi) is 8.62. The number of thiocyanates is 1. The molecule has 0 rings (SSSR count). The highest BCUT2D eigenvalue weighted by Gasteiger charge is 1.86. The molecule has 0 bridgehead atoms. The van der Waals surface area contributed by atoms with E-state index in [1.165, 1.54) is 18.2 Å². The van der Waals surface area contributed by atoms with Gasteiger partial charge in [-0.15, -0.1) is 0 Å². The van der Waals surface area contributed by atoms with Crippen LogP contribution in [0.1, 0.15) is 19.8 Å². The van der Waals surface area contributed by atoms with Crippen LogP contribution in [0.5, 0.6) is 0 Å². The van der Waals surface area contributed by atoms with Crippen LogP contribution in [0.4, 0.5) is 0 Å². The summed E-state index contributed by atoms with van der Waals surface area (Å²) in [6.07, 6.45) is 2.29. The number of hydrogen-bond donors (Lipinski definition) is 0. The molecule has 0 aromatic rings. The first-order valence-corrected chi connectivity index (χ1v) is 4.49. The summed E-state index contributed by atoms with van der Waals surface area (Å²) in [6.45, 7) is 3.67. The van der Waals surface area contributed by atoms with Gasteiger partial charge in [0.05, 0.1) is 6.61 Å². The minimum absolute atomic E-state index is 0.707. The average molecular weight is 159 g/mol. The van der Waals surface area contributed by atoms with E-state index in [0.29, 0.717) is 6.61 Å². The molecule has 0 unspecified atom stereocenters. The zero-order valence-corrected chi connectivity index (χ0v) is 7.12. The zero-order valence-electron chi connectivity index (χ0n) is 6.30. The lowest BCUT2D eigenvalue weighted by atomic mass is 10.4. The van der Waals surface area contributed by atoms with Gasteiger partial charge in [0, 0.05) is 12.4 Å². The maximum atomic E-state index is 8.13. The third-order valence-electron chi connectivity index (χ3n) is 1.04. The third kappa shape index (κ3) is 7.80. The second-order valence-corrected chi connectivity index (χ2v) is 2.79. The van der Waals surface area contributed by atoms with E-state index in [1.807, 2.05) is 5.40 Å². The molecule has 3 heteroatoms. The maximum Gasteiger partial charge on any atom is 0.133 e. The first kappa shape index (κ1) is 9.80. The van der Waals surface area contributed by atoms with Gasteiger partial charge in [-0.25, -0.2) is 0 Å². The van der Waals surface area contributed by atoms with Crippen molar-refractivity contribution >= 4 is 11.8 Å². The number of thioether (sulfide) groups is 1. The number of rotatable bonds is 6. The zero-order chi connectivity index (χ0) is 7.66. The fraction of sp³-hybridized carbons (Fsp3) is 0.857. The predicted octanol–water partition coefficient (Wildman–Crippen LogP) is 2.02. The van der Waals surface area contributed by atoms with E-state index in [9.17, 15) is 0 Å². The quantitative estimate of drug-likeness (QED) is 0.439. The summed E-state index contributed by atoms with van der Waals surface area (Å²) in [6, 6.07) is 0. The predicted molar refractivity (Wildman–Crippen MR) is 43.8 cm³/mol. The smallest absolute Gasteiger partial charge is 0.133 e. The normalized spacial score (nSPS) is 9.20. The van der Waals surface area contributed by atoms with E-state index < -0.39 is 0 Å². The summed E-state index contributed by atoms with van der Waals surface area (Å²) < 4.78 is 5.20. The molecule has 0 saturated carbocycles. The average Bonchev–Trinajstić information content (AvgIpc) is 1.97. The molecule has 0 saturated heterocycles.